The molecule has 0 radical (unpaired) electrons. The first-order valence-electron chi connectivity index (χ1n) is 9.06. The maximum absolute atomic E-state index is 13.1. The van der Waals surface area contributed by atoms with Gasteiger partial charge in [-0.3, -0.25) is 4.79 Å². The van der Waals surface area contributed by atoms with Gasteiger partial charge >= 0.3 is 0 Å². The number of nitrogens with one attached hydrogen (secondary N) is 1. The third kappa shape index (κ3) is 5.04. The Kier molecular flexibility index (Phi) is 6.52. The fourth-order valence-corrected chi connectivity index (χ4v) is 2.74. The Morgan fingerprint density at radius 2 is 1.64 bits per heavy atom. The molecule has 0 aliphatic rings. The standard InChI is InChI=1S/C23H21FN2O2/c1-2-21(18-12-14-19(24)15-13-18)25-26-23(27)16-28-22-11-7-6-10-20(22)17-8-4-3-5-9-17/h3-15H,2,16H2,1H3,(H,26,27)/b25-21+. The zero-order valence-electron chi connectivity index (χ0n) is 15.6. The number of amides is 1. The molecule has 3 aromatic carbocycles. The van der Waals surface area contributed by atoms with Crippen LogP contribution in [0.5, 0.6) is 5.75 Å². The lowest BCUT2D eigenvalue weighted by molar-refractivity contribution is -0.123. The van der Waals surface area contributed by atoms with E-state index in [0.717, 1.165) is 16.7 Å². The number of ether oxygens (including phenoxy) is 1. The van der Waals surface area contributed by atoms with E-state index < -0.39 is 0 Å². The normalized spacial score (nSPS) is 11.1. The molecule has 4 nitrogen and oxygen atoms in total. The first-order chi connectivity index (χ1) is 13.7. The smallest absolute Gasteiger partial charge is 0.277 e. The zero-order valence-corrected chi connectivity index (χ0v) is 15.6. The van der Waals surface area contributed by atoms with Gasteiger partial charge in [0.1, 0.15) is 11.6 Å². The summed E-state index contributed by atoms with van der Waals surface area (Å²) in [6.45, 7) is 1.76. The minimum Gasteiger partial charge on any atom is -0.483 e. The summed E-state index contributed by atoms with van der Waals surface area (Å²) in [4.78, 5) is 12.2. The highest BCUT2D eigenvalue weighted by Gasteiger charge is 2.09. The molecule has 0 saturated carbocycles. The average Bonchev–Trinajstić information content (AvgIpc) is 2.74. The molecule has 0 aliphatic heterocycles. The maximum atomic E-state index is 13.1. The van der Waals surface area contributed by atoms with E-state index in [-0.39, 0.29) is 18.3 Å². The molecule has 1 amide bonds. The summed E-state index contributed by atoms with van der Waals surface area (Å²) in [6.07, 6.45) is 0.601. The Balaban J connectivity index is 1.64. The number of para-hydroxylation sites is 1. The van der Waals surface area contributed by atoms with Crippen LogP contribution in [-0.2, 0) is 4.79 Å². The van der Waals surface area contributed by atoms with Gasteiger partial charge in [-0.2, -0.15) is 5.10 Å². The van der Waals surface area contributed by atoms with Crippen molar-refractivity contribution in [1.82, 2.24) is 5.43 Å². The van der Waals surface area contributed by atoms with Crippen molar-refractivity contribution >= 4 is 11.6 Å². The SMILES string of the molecule is CC/C(=N\NC(=O)COc1ccccc1-c1ccccc1)c1ccc(F)cc1. The van der Waals surface area contributed by atoms with Gasteiger partial charge in [-0.15, -0.1) is 0 Å². The molecule has 0 aromatic heterocycles. The monoisotopic (exact) mass is 376 g/mol. The van der Waals surface area contributed by atoms with E-state index in [1.165, 1.54) is 12.1 Å². The van der Waals surface area contributed by atoms with Crippen LogP contribution in [0.15, 0.2) is 84.0 Å². The molecule has 0 fully saturated rings. The number of rotatable bonds is 7. The van der Waals surface area contributed by atoms with Crippen LogP contribution in [0.25, 0.3) is 11.1 Å². The molecule has 0 spiro atoms. The van der Waals surface area contributed by atoms with Crippen molar-refractivity contribution in [3.63, 3.8) is 0 Å². The number of carbonyl (C=O) groups is 1. The minimum absolute atomic E-state index is 0.159. The van der Waals surface area contributed by atoms with Gasteiger partial charge in [0.05, 0.1) is 5.71 Å². The number of nitrogens with zero attached hydrogens (tertiary/aromatic N) is 1. The molecule has 1 N–H and O–H groups in total. The van der Waals surface area contributed by atoms with Gasteiger partial charge in [0.25, 0.3) is 5.91 Å². The Morgan fingerprint density at radius 1 is 0.964 bits per heavy atom. The molecule has 28 heavy (non-hydrogen) atoms. The van der Waals surface area contributed by atoms with Crippen LogP contribution in [0, 0.1) is 5.82 Å². The number of hydrazone groups is 1. The molecular formula is C23H21FN2O2. The molecule has 5 heteroatoms. The Bertz CT molecular complexity index is 954. The summed E-state index contributed by atoms with van der Waals surface area (Å²) >= 11 is 0. The van der Waals surface area contributed by atoms with Crippen molar-refractivity contribution in [2.75, 3.05) is 6.61 Å². The molecular weight excluding hydrogens is 355 g/mol. The van der Waals surface area contributed by atoms with Crippen LogP contribution in [0.1, 0.15) is 18.9 Å². The summed E-state index contributed by atoms with van der Waals surface area (Å²) in [5.41, 5.74) is 5.87. The summed E-state index contributed by atoms with van der Waals surface area (Å²) < 4.78 is 18.8. The summed E-state index contributed by atoms with van der Waals surface area (Å²) in [5, 5.41) is 4.15. The molecule has 0 atom stereocenters. The van der Waals surface area contributed by atoms with Crippen LogP contribution in [0.4, 0.5) is 4.39 Å². The molecule has 3 rings (SSSR count). The highest BCUT2D eigenvalue weighted by molar-refractivity contribution is 6.00. The highest BCUT2D eigenvalue weighted by atomic mass is 19.1. The summed E-state index contributed by atoms with van der Waals surface area (Å²) in [5.74, 6) is -0.0493. The van der Waals surface area contributed by atoms with Crippen molar-refractivity contribution in [2.24, 2.45) is 5.10 Å². The second-order valence-electron chi connectivity index (χ2n) is 6.10. The van der Waals surface area contributed by atoms with Crippen molar-refractivity contribution in [3.8, 4) is 16.9 Å². The van der Waals surface area contributed by atoms with E-state index in [2.05, 4.69) is 10.5 Å². The molecule has 142 valence electrons. The van der Waals surface area contributed by atoms with Crippen LogP contribution >= 0.6 is 0 Å². The van der Waals surface area contributed by atoms with E-state index in [1.807, 2.05) is 61.5 Å². The van der Waals surface area contributed by atoms with E-state index in [1.54, 1.807) is 12.1 Å². The van der Waals surface area contributed by atoms with Gasteiger partial charge in [0, 0.05) is 5.56 Å². The van der Waals surface area contributed by atoms with Crippen molar-refractivity contribution < 1.29 is 13.9 Å². The number of halogens is 1. The largest absolute Gasteiger partial charge is 0.483 e. The minimum atomic E-state index is -0.365. The second kappa shape index (κ2) is 9.46. The summed E-state index contributed by atoms with van der Waals surface area (Å²) in [7, 11) is 0. The van der Waals surface area contributed by atoms with Gasteiger partial charge in [-0.25, -0.2) is 9.82 Å². The van der Waals surface area contributed by atoms with E-state index in [4.69, 9.17) is 4.74 Å². The Morgan fingerprint density at radius 3 is 2.36 bits per heavy atom. The van der Waals surface area contributed by atoms with E-state index in [9.17, 15) is 9.18 Å². The first-order valence-corrected chi connectivity index (χ1v) is 9.06. The fraction of sp³-hybridized carbons (Fsp3) is 0.130. The van der Waals surface area contributed by atoms with E-state index in [0.29, 0.717) is 17.9 Å². The molecule has 0 aliphatic carbocycles. The quantitative estimate of drug-likeness (QED) is 0.476. The lowest BCUT2D eigenvalue weighted by atomic mass is 10.1. The zero-order chi connectivity index (χ0) is 19.8. The maximum Gasteiger partial charge on any atom is 0.277 e. The lowest BCUT2D eigenvalue weighted by Crippen LogP contribution is -2.26. The molecule has 3 aromatic rings. The average molecular weight is 376 g/mol. The molecule has 0 heterocycles. The van der Waals surface area contributed by atoms with Gasteiger partial charge in [-0.1, -0.05) is 67.6 Å². The molecule has 0 bridgehead atoms. The Labute approximate surface area is 163 Å². The predicted molar refractivity (Wildman–Crippen MR) is 109 cm³/mol. The Hall–Kier alpha value is -3.47. The second-order valence-corrected chi connectivity index (χ2v) is 6.10. The van der Waals surface area contributed by atoms with Crippen molar-refractivity contribution in [3.05, 3.63) is 90.2 Å². The van der Waals surface area contributed by atoms with Crippen LogP contribution in [-0.4, -0.2) is 18.2 Å². The molecule has 0 saturated heterocycles. The predicted octanol–water partition coefficient (Wildman–Crippen LogP) is 4.80. The topological polar surface area (TPSA) is 50.7 Å². The first kappa shape index (κ1) is 19.3. The lowest BCUT2D eigenvalue weighted by Gasteiger charge is -2.11. The highest BCUT2D eigenvalue weighted by Crippen LogP contribution is 2.29. The van der Waals surface area contributed by atoms with Crippen LogP contribution in [0.2, 0.25) is 0 Å². The third-order valence-electron chi connectivity index (χ3n) is 4.16. The number of benzene rings is 3. The number of carbonyl (C=O) groups excluding carboxylic acids is 1. The van der Waals surface area contributed by atoms with E-state index >= 15 is 0 Å². The van der Waals surface area contributed by atoms with Crippen molar-refractivity contribution in [1.29, 1.82) is 0 Å². The van der Waals surface area contributed by atoms with Gasteiger partial charge < -0.3 is 4.74 Å². The van der Waals surface area contributed by atoms with Crippen LogP contribution in [0.3, 0.4) is 0 Å². The van der Waals surface area contributed by atoms with Crippen molar-refractivity contribution in [2.45, 2.75) is 13.3 Å². The van der Waals surface area contributed by atoms with Gasteiger partial charge in [0.2, 0.25) is 0 Å². The van der Waals surface area contributed by atoms with Gasteiger partial charge in [0.15, 0.2) is 6.61 Å². The number of hydrogen-bond acceptors (Lipinski definition) is 3. The third-order valence-corrected chi connectivity index (χ3v) is 4.16. The number of hydrogen-bond donors (Lipinski definition) is 1. The fourth-order valence-electron chi connectivity index (χ4n) is 2.74. The summed E-state index contributed by atoms with van der Waals surface area (Å²) in [6, 6.07) is 23.4. The van der Waals surface area contributed by atoms with Crippen LogP contribution < -0.4 is 10.2 Å². The molecule has 0 unspecified atom stereocenters. The van der Waals surface area contributed by atoms with Gasteiger partial charge in [-0.05, 0) is 35.7 Å².